The number of piperidine rings is 1. The van der Waals surface area contributed by atoms with E-state index in [0.29, 0.717) is 23.7 Å². The summed E-state index contributed by atoms with van der Waals surface area (Å²) in [5.74, 6) is -1.83. The van der Waals surface area contributed by atoms with Crippen LogP contribution in [0.5, 0.6) is 0 Å². The number of nitrogens with zero attached hydrogens (tertiary/aromatic N) is 2. The number of carbonyl (C=O) groups excluding carboxylic acids is 4. The smallest absolute Gasteiger partial charge is 0.262 e. The van der Waals surface area contributed by atoms with E-state index in [0.717, 1.165) is 42.9 Å². The average Bonchev–Trinajstić information content (AvgIpc) is 2.98. The van der Waals surface area contributed by atoms with E-state index >= 15 is 0 Å². The lowest BCUT2D eigenvalue weighted by Gasteiger charge is -2.34. The summed E-state index contributed by atoms with van der Waals surface area (Å²) in [6.45, 7) is 5.47. The molecular weight excluding hydrogens is 384 g/mol. The van der Waals surface area contributed by atoms with Crippen LogP contribution in [0.15, 0.2) is 18.2 Å². The molecule has 1 unspecified atom stereocenters. The molecule has 0 spiro atoms. The Morgan fingerprint density at radius 3 is 2.73 bits per heavy atom. The zero-order chi connectivity index (χ0) is 21.3. The average molecular weight is 412 g/mol. The number of rotatable bonds is 6. The third-order valence-corrected chi connectivity index (χ3v) is 6.19. The fourth-order valence-corrected chi connectivity index (χ4v) is 4.64. The van der Waals surface area contributed by atoms with Crippen molar-refractivity contribution in [1.82, 2.24) is 20.4 Å². The summed E-state index contributed by atoms with van der Waals surface area (Å²) >= 11 is 0. The summed E-state index contributed by atoms with van der Waals surface area (Å²) in [5.41, 5.74) is 1.56. The molecule has 3 aliphatic heterocycles. The van der Waals surface area contributed by atoms with Gasteiger partial charge in [-0.2, -0.15) is 0 Å². The van der Waals surface area contributed by atoms with Gasteiger partial charge in [-0.15, -0.1) is 0 Å². The fraction of sp³-hybridized carbons (Fsp3) is 0.545. The van der Waals surface area contributed by atoms with Gasteiger partial charge in [0.2, 0.25) is 11.8 Å². The molecule has 1 aromatic carbocycles. The van der Waals surface area contributed by atoms with Crippen LogP contribution in [0, 0.1) is 0 Å². The zero-order valence-electron chi connectivity index (χ0n) is 17.3. The van der Waals surface area contributed by atoms with E-state index in [9.17, 15) is 19.2 Å². The second kappa shape index (κ2) is 8.65. The Balaban J connectivity index is 1.53. The van der Waals surface area contributed by atoms with Crippen molar-refractivity contribution in [2.24, 2.45) is 0 Å². The molecule has 2 atom stereocenters. The molecule has 2 N–H and O–H groups in total. The van der Waals surface area contributed by atoms with E-state index in [-0.39, 0.29) is 18.7 Å². The fourth-order valence-electron chi connectivity index (χ4n) is 4.64. The molecule has 2 fully saturated rings. The highest BCUT2D eigenvalue weighted by atomic mass is 16.2. The number of hydrogen-bond acceptors (Lipinski definition) is 6. The van der Waals surface area contributed by atoms with Crippen molar-refractivity contribution < 1.29 is 19.2 Å². The Morgan fingerprint density at radius 2 is 1.97 bits per heavy atom. The third-order valence-electron chi connectivity index (χ3n) is 6.19. The molecule has 30 heavy (non-hydrogen) atoms. The Morgan fingerprint density at radius 1 is 1.13 bits per heavy atom. The van der Waals surface area contributed by atoms with E-state index in [2.05, 4.69) is 22.5 Å². The van der Waals surface area contributed by atoms with Gasteiger partial charge in [-0.1, -0.05) is 31.9 Å². The molecule has 4 rings (SSSR count). The van der Waals surface area contributed by atoms with Crippen molar-refractivity contribution in [3.8, 4) is 0 Å². The molecule has 8 nitrogen and oxygen atoms in total. The predicted octanol–water partition coefficient (Wildman–Crippen LogP) is 1.05. The van der Waals surface area contributed by atoms with E-state index in [1.165, 1.54) is 6.42 Å². The first-order valence-electron chi connectivity index (χ1n) is 10.8. The first kappa shape index (κ1) is 20.7. The number of amides is 4. The minimum absolute atomic E-state index is 0.122. The molecule has 2 saturated heterocycles. The predicted molar refractivity (Wildman–Crippen MR) is 110 cm³/mol. The van der Waals surface area contributed by atoms with Crippen molar-refractivity contribution in [1.29, 1.82) is 0 Å². The maximum absolute atomic E-state index is 13.2. The van der Waals surface area contributed by atoms with E-state index in [4.69, 9.17) is 0 Å². The highest BCUT2D eigenvalue weighted by Gasteiger charge is 2.45. The SMILES string of the molecule is CCCC[C@H]1CN(Cc2cccc3c2C(=O)N(C2CCC(=O)NC2=O)C3=O)CCN1. The maximum Gasteiger partial charge on any atom is 0.262 e. The quantitative estimate of drug-likeness (QED) is 0.678. The molecule has 3 heterocycles. The highest BCUT2D eigenvalue weighted by Crippen LogP contribution is 2.30. The van der Waals surface area contributed by atoms with E-state index < -0.39 is 23.8 Å². The number of piperazine rings is 1. The maximum atomic E-state index is 13.2. The molecule has 8 heteroatoms. The second-order valence-electron chi connectivity index (χ2n) is 8.32. The molecule has 1 aromatic rings. The first-order valence-corrected chi connectivity index (χ1v) is 10.8. The zero-order valence-corrected chi connectivity index (χ0v) is 17.3. The second-order valence-corrected chi connectivity index (χ2v) is 8.32. The summed E-state index contributed by atoms with van der Waals surface area (Å²) in [4.78, 5) is 53.3. The van der Waals surface area contributed by atoms with Crippen LogP contribution < -0.4 is 10.6 Å². The molecule has 0 bridgehead atoms. The van der Waals surface area contributed by atoms with Crippen molar-refractivity contribution in [3.63, 3.8) is 0 Å². The molecule has 4 amide bonds. The van der Waals surface area contributed by atoms with Crippen LogP contribution in [0.2, 0.25) is 0 Å². The topological polar surface area (TPSA) is 98.8 Å². The van der Waals surface area contributed by atoms with Gasteiger partial charge in [-0.05, 0) is 24.5 Å². The molecule has 3 aliphatic rings. The molecular formula is C22H28N4O4. The van der Waals surface area contributed by atoms with Gasteiger partial charge in [-0.25, -0.2) is 0 Å². The Kier molecular flexibility index (Phi) is 5.97. The van der Waals surface area contributed by atoms with Crippen LogP contribution in [-0.2, 0) is 16.1 Å². The van der Waals surface area contributed by atoms with Crippen LogP contribution in [0.1, 0.15) is 65.3 Å². The number of imide groups is 2. The van der Waals surface area contributed by atoms with Crippen LogP contribution >= 0.6 is 0 Å². The number of hydrogen-bond donors (Lipinski definition) is 2. The Labute approximate surface area is 176 Å². The van der Waals surface area contributed by atoms with Crippen molar-refractivity contribution >= 4 is 23.6 Å². The highest BCUT2D eigenvalue weighted by molar-refractivity contribution is 6.24. The van der Waals surface area contributed by atoms with Gasteiger partial charge >= 0.3 is 0 Å². The number of nitrogens with one attached hydrogen (secondary N) is 2. The summed E-state index contributed by atoms with van der Waals surface area (Å²) in [6.07, 6.45) is 3.76. The van der Waals surface area contributed by atoms with Crippen LogP contribution in [0.25, 0.3) is 0 Å². The molecule has 0 saturated carbocycles. The molecule has 160 valence electrons. The summed E-state index contributed by atoms with van der Waals surface area (Å²) in [5, 5.41) is 5.79. The summed E-state index contributed by atoms with van der Waals surface area (Å²) in [6, 6.07) is 4.84. The lowest BCUT2D eigenvalue weighted by atomic mass is 10.0. The normalized spacial score (nSPS) is 24.9. The van der Waals surface area contributed by atoms with Crippen molar-refractivity contribution in [3.05, 3.63) is 34.9 Å². The van der Waals surface area contributed by atoms with Gasteiger partial charge in [0.05, 0.1) is 11.1 Å². The summed E-state index contributed by atoms with van der Waals surface area (Å²) < 4.78 is 0. The Hall–Kier alpha value is -2.58. The standard InChI is InChI=1S/C22H28N4O4/c1-2-3-6-15-13-25(11-10-23-15)12-14-5-4-7-16-19(14)22(30)26(21(16)29)17-8-9-18(27)24-20(17)28/h4-5,7,15,17,23H,2-3,6,8-13H2,1H3,(H,24,27,28)/t15-,17?/m0/s1. The minimum atomic E-state index is -0.930. The van der Waals surface area contributed by atoms with Gasteiger partial charge in [0.15, 0.2) is 0 Å². The van der Waals surface area contributed by atoms with E-state index in [1.54, 1.807) is 12.1 Å². The van der Waals surface area contributed by atoms with Gasteiger partial charge in [0.25, 0.3) is 11.8 Å². The number of carbonyl (C=O) groups is 4. The number of unbranched alkanes of at least 4 members (excludes halogenated alkanes) is 1. The molecule has 0 aliphatic carbocycles. The van der Waals surface area contributed by atoms with Crippen LogP contribution in [-0.4, -0.2) is 65.1 Å². The van der Waals surface area contributed by atoms with Gasteiger partial charge in [-0.3, -0.25) is 34.3 Å². The monoisotopic (exact) mass is 412 g/mol. The van der Waals surface area contributed by atoms with Crippen LogP contribution in [0.3, 0.4) is 0 Å². The van der Waals surface area contributed by atoms with Gasteiger partial charge < -0.3 is 5.32 Å². The Bertz CT molecular complexity index is 884. The first-order chi connectivity index (χ1) is 14.5. The van der Waals surface area contributed by atoms with Gasteiger partial charge in [0, 0.05) is 38.6 Å². The number of benzene rings is 1. The lowest BCUT2D eigenvalue weighted by molar-refractivity contribution is -0.136. The largest absolute Gasteiger partial charge is 0.311 e. The molecule has 0 radical (unpaired) electrons. The summed E-state index contributed by atoms with van der Waals surface area (Å²) in [7, 11) is 0. The van der Waals surface area contributed by atoms with Crippen molar-refractivity contribution in [2.75, 3.05) is 19.6 Å². The lowest BCUT2D eigenvalue weighted by Crippen LogP contribution is -2.54. The van der Waals surface area contributed by atoms with E-state index in [1.807, 2.05) is 6.07 Å². The third kappa shape index (κ3) is 3.89. The van der Waals surface area contributed by atoms with Gasteiger partial charge in [0.1, 0.15) is 6.04 Å². The minimum Gasteiger partial charge on any atom is -0.311 e. The number of fused-ring (bicyclic) bond motifs is 1. The molecule has 0 aromatic heterocycles. The van der Waals surface area contributed by atoms with Crippen molar-refractivity contribution in [2.45, 2.75) is 57.7 Å². The van der Waals surface area contributed by atoms with Crippen LogP contribution in [0.4, 0.5) is 0 Å².